The number of sulfonamides is 1. The van der Waals surface area contributed by atoms with E-state index in [1.54, 1.807) is 4.31 Å². The molecule has 2 bridgehead atoms. The van der Waals surface area contributed by atoms with Gasteiger partial charge in [-0.25, -0.2) is 8.42 Å². The molecule has 0 N–H and O–H groups in total. The van der Waals surface area contributed by atoms with Crippen LogP contribution in [0, 0.1) is 6.42 Å². The van der Waals surface area contributed by atoms with Gasteiger partial charge in [0.15, 0.2) is 0 Å². The molecule has 0 unspecified atom stereocenters. The third-order valence-electron chi connectivity index (χ3n) is 5.32. The highest BCUT2D eigenvalue weighted by molar-refractivity contribution is 7.89. The second kappa shape index (κ2) is 6.52. The molecule has 121 valence electrons. The number of piperidine rings is 1. The number of hydrogen-bond acceptors (Lipinski definition) is 4. The summed E-state index contributed by atoms with van der Waals surface area (Å²) in [6.45, 7) is 3.97. The lowest BCUT2D eigenvalue weighted by molar-refractivity contribution is 0.164. The van der Waals surface area contributed by atoms with Crippen LogP contribution in [0.2, 0.25) is 0 Å². The van der Waals surface area contributed by atoms with Gasteiger partial charge >= 0.3 is 0 Å². The number of nitrogens with zero attached hydrogens (tertiary/aromatic N) is 3. The molecule has 3 saturated heterocycles. The first kappa shape index (κ1) is 15.7. The summed E-state index contributed by atoms with van der Waals surface area (Å²) in [7, 11) is -1.00. The predicted octanol–water partition coefficient (Wildman–Crippen LogP) is 0.785. The molecule has 3 aliphatic heterocycles. The third kappa shape index (κ3) is 3.60. The van der Waals surface area contributed by atoms with Crippen LogP contribution in [0.3, 0.4) is 0 Å². The van der Waals surface area contributed by atoms with Gasteiger partial charge in [-0.15, -0.1) is 0 Å². The molecule has 3 aliphatic rings. The van der Waals surface area contributed by atoms with Crippen LogP contribution in [0.1, 0.15) is 32.1 Å². The van der Waals surface area contributed by atoms with Crippen molar-refractivity contribution in [2.45, 2.75) is 44.2 Å². The Morgan fingerprint density at radius 2 is 1.67 bits per heavy atom. The maximum absolute atomic E-state index is 12.4. The molecule has 3 heterocycles. The van der Waals surface area contributed by atoms with E-state index in [1.165, 1.54) is 25.7 Å². The summed E-state index contributed by atoms with van der Waals surface area (Å²) in [6, 6.07) is 1.38. The van der Waals surface area contributed by atoms with Crippen molar-refractivity contribution in [2.75, 3.05) is 45.5 Å². The molecule has 0 spiro atoms. The first-order chi connectivity index (χ1) is 10.1. The first-order valence-electron chi connectivity index (χ1n) is 8.30. The van der Waals surface area contributed by atoms with Gasteiger partial charge in [0.2, 0.25) is 10.0 Å². The standard InChI is InChI=1S/C15H28N3O2S/c1-16-9-11-17(12-10-16)21(19,20)13-3-8-18-14-4-2-5-15(18)7-6-14/h2,14-15H,3-13H2,1H3/t14-,15+. The van der Waals surface area contributed by atoms with Gasteiger partial charge in [0.25, 0.3) is 0 Å². The van der Waals surface area contributed by atoms with E-state index >= 15 is 0 Å². The molecule has 3 rings (SSSR count). The highest BCUT2D eigenvalue weighted by Crippen LogP contribution is 2.34. The Morgan fingerprint density at radius 3 is 2.29 bits per heavy atom. The lowest BCUT2D eigenvalue weighted by Gasteiger charge is -2.35. The van der Waals surface area contributed by atoms with Crippen LogP contribution >= 0.6 is 0 Å². The minimum Gasteiger partial charge on any atom is -0.304 e. The Kier molecular flexibility index (Phi) is 4.88. The van der Waals surface area contributed by atoms with E-state index in [0.29, 0.717) is 30.9 Å². The van der Waals surface area contributed by atoms with Crippen molar-refractivity contribution in [1.29, 1.82) is 0 Å². The Labute approximate surface area is 129 Å². The molecule has 5 nitrogen and oxygen atoms in total. The van der Waals surface area contributed by atoms with Gasteiger partial charge in [0, 0.05) is 38.3 Å². The summed E-state index contributed by atoms with van der Waals surface area (Å²) in [6.07, 6.45) is 8.18. The second-order valence-corrected chi connectivity index (χ2v) is 8.84. The van der Waals surface area contributed by atoms with Crippen molar-refractivity contribution in [3.63, 3.8) is 0 Å². The maximum atomic E-state index is 12.4. The lowest BCUT2D eigenvalue weighted by Crippen LogP contribution is -2.48. The average molecular weight is 314 g/mol. The first-order valence-corrected chi connectivity index (χ1v) is 9.91. The fraction of sp³-hybridized carbons (Fsp3) is 0.933. The topological polar surface area (TPSA) is 43.9 Å². The fourth-order valence-corrected chi connectivity index (χ4v) is 5.46. The van der Waals surface area contributed by atoms with Crippen LogP contribution in [-0.4, -0.2) is 80.1 Å². The van der Waals surface area contributed by atoms with Crippen molar-refractivity contribution in [3.05, 3.63) is 6.42 Å². The Morgan fingerprint density at radius 1 is 1.05 bits per heavy atom. The molecule has 0 aromatic carbocycles. The molecule has 0 saturated carbocycles. The zero-order chi connectivity index (χ0) is 14.9. The van der Waals surface area contributed by atoms with E-state index in [1.807, 2.05) is 7.05 Å². The van der Waals surface area contributed by atoms with Crippen molar-refractivity contribution in [3.8, 4) is 0 Å². The number of likely N-dealkylation sites (N-methyl/N-ethyl adjacent to an activating group) is 1. The highest BCUT2D eigenvalue weighted by atomic mass is 32.2. The van der Waals surface area contributed by atoms with Crippen molar-refractivity contribution < 1.29 is 8.42 Å². The Bertz CT molecular complexity index is 430. The fourth-order valence-electron chi connectivity index (χ4n) is 3.99. The van der Waals surface area contributed by atoms with Gasteiger partial charge in [-0.1, -0.05) is 0 Å². The molecule has 3 fully saturated rings. The predicted molar refractivity (Wildman–Crippen MR) is 84.5 cm³/mol. The SMILES string of the molecule is CN1CCN(S(=O)(=O)CCCN2[C@@H]3C[CH]C[C@H]2CC3)CC1. The third-order valence-corrected chi connectivity index (χ3v) is 7.28. The van der Waals surface area contributed by atoms with Crippen LogP contribution in [0.15, 0.2) is 0 Å². The van der Waals surface area contributed by atoms with E-state index in [4.69, 9.17) is 0 Å². The summed E-state index contributed by atoms with van der Waals surface area (Å²) in [5.74, 6) is 0.316. The number of fused-ring (bicyclic) bond motifs is 2. The molecule has 0 aromatic heterocycles. The highest BCUT2D eigenvalue weighted by Gasteiger charge is 2.36. The molecule has 6 heteroatoms. The molecule has 0 amide bonds. The van der Waals surface area contributed by atoms with Crippen LogP contribution in [0.4, 0.5) is 0 Å². The molecular formula is C15H28N3O2S. The monoisotopic (exact) mass is 314 g/mol. The van der Waals surface area contributed by atoms with Crippen LogP contribution in [-0.2, 0) is 10.0 Å². The van der Waals surface area contributed by atoms with Crippen LogP contribution in [0.5, 0.6) is 0 Å². The van der Waals surface area contributed by atoms with E-state index < -0.39 is 10.0 Å². The average Bonchev–Trinajstić information content (AvgIpc) is 2.69. The lowest BCUT2D eigenvalue weighted by atomic mass is 10.0. The summed E-state index contributed by atoms with van der Waals surface area (Å²) in [5.41, 5.74) is 0. The van der Waals surface area contributed by atoms with Gasteiger partial charge in [-0.05, 0) is 52.1 Å². The van der Waals surface area contributed by atoms with Gasteiger partial charge < -0.3 is 4.90 Å². The summed E-state index contributed by atoms with van der Waals surface area (Å²) in [4.78, 5) is 4.76. The zero-order valence-electron chi connectivity index (χ0n) is 13.1. The molecule has 21 heavy (non-hydrogen) atoms. The molecule has 1 radical (unpaired) electrons. The second-order valence-electron chi connectivity index (χ2n) is 6.75. The summed E-state index contributed by atoms with van der Waals surface area (Å²) < 4.78 is 26.5. The largest absolute Gasteiger partial charge is 0.304 e. The smallest absolute Gasteiger partial charge is 0.214 e. The van der Waals surface area contributed by atoms with Gasteiger partial charge in [-0.3, -0.25) is 4.90 Å². The van der Waals surface area contributed by atoms with E-state index in [0.717, 1.165) is 26.1 Å². The van der Waals surface area contributed by atoms with Crippen molar-refractivity contribution in [2.24, 2.45) is 0 Å². The van der Waals surface area contributed by atoms with E-state index in [-0.39, 0.29) is 0 Å². The molecular weight excluding hydrogens is 286 g/mol. The molecule has 0 aromatic rings. The number of hydrogen-bond donors (Lipinski definition) is 0. The maximum Gasteiger partial charge on any atom is 0.214 e. The van der Waals surface area contributed by atoms with Crippen molar-refractivity contribution >= 4 is 10.0 Å². The minimum atomic E-state index is -3.05. The minimum absolute atomic E-state index is 0.316. The molecule has 2 atom stereocenters. The quantitative estimate of drug-likeness (QED) is 0.752. The van der Waals surface area contributed by atoms with Gasteiger partial charge in [-0.2, -0.15) is 4.31 Å². The normalized spacial score (nSPS) is 32.6. The Balaban J connectivity index is 1.46. The number of rotatable bonds is 5. The Hall–Kier alpha value is -0.170. The van der Waals surface area contributed by atoms with Gasteiger partial charge in [0.05, 0.1) is 5.75 Å². The zero-order valence-corrected chi connectivity index (χ0v) is 13.9. The van der Waals surface area contributed by atoms with Crippen LogP contribution < -0.4 is 0 Å². The number of piperazine rings is 1. The molecule has 0 aliphatic carbocycles. The van der Waals surface area contributed by atoms with Crippen molar-refractivity contribution in [1.82, 2.24) is 14.1 Å². The summed E-state index contributed by atoms with van der Waals surface area (Å²) in [5, 5.41) is 0. The van der Waals surface area contributed by atoms with E-state index in [9.17, 15) is 8.42 Å². The summed E-state index contributed by atoms with van der Waals surface area (Å²) >= 11 is 0. The van der Waals surface area contributed by atoms with Crippen LogP contribution in [0.25, 0.3) is 0 Å². The van der Waals surface area contributed by atoms with Gasteiger partial charge in [0.1, 0.15) is 0 Å². The van der Waals surface area contributed by atoms with E-state index in [2.05, 4.69) is 16.2 Å².